The number of fused-ring (bicyclic) bond motifs is 2. The number of hydrogen-bond donors (Lipinski definition) is 0. The molecular weight excluding hydrogens is 392 g/mol. The zero-order valence-electron chi connectivity index (χ0n) is 14.9. The van der Waals surface area contributed by atoms with E-state index in [1.807, 2.05) is 0 Å². The summed E-state index contributed by atoms with van der Waals surface area (Å²) in [4.78, 5) is 0. The van der Waals surface area contributed by atoms with Crippen LogP contribution >= 0.6 is 15.9 Å². The number of hydrogen-bond acceptors (Lipinski definition) is 0. The highest BCUT2D eigenvalue weighted by molar-refractivity contribution is 9.10. The van der Waals surface area contributed by atoms with Crippen molar-refractivity contribution in [2.24, 2.45) is 0 Å². The molecule has 0 heterocycles. The van der Waals surface area contributed by atoms with Crippen LogP contribution in [-0.4, -0.2) is 0 Å². The van der Waals surface area contributed by atoms with E-state index in [-0.39, 0.29) is 5.41 Å². The van der Waals surface area contributed by atoms with Gasteiger partial charge in [0.2, 0.25) is 0 Å². The van der Waals surface area contributed by atoms with Crippen molar-refractivity contribution in [2.45, 2.75) is 11.8 Å². The summed E-state index contributed by atoms with van der Waals surface area (Å²) in [7, 11) is 0. The standard InChI is InChI=1S/C26H19Br/c27-23-16-14-22(15-17-23)26(21-10-2-1-3-11-21)24-12-6-4-8-19(24)18-20-9-5-7-13-25(20)26/h1-17H,18H2. The molecule has 0 aromatic heterocycles. The van der Waals surface area contributed by atoms with E-state index in [2.05, 4.69) is 119 Å². The molecule has 0 saturated carbocycles. The largest absolute Gasteiger partial charge is 0.0707 e. The molecule has 1 aliphatic carbocycles. The average Bonchev–Trinajstić information content (AvgIpc) is 2.73. The molecule has 1 heteroatoms. The SMILES string of the molecule is Brc1ccc(C2(c3ccccc3)c3ccccc3Cc3ccccc32)cc1. The van der Waals surface area contributed by atoms with Crippen LogP contribution in [0.5, 0.6) is 0 Å². The van der Waals surface area contributed by atoms with Crippen LogP contribution in [0.4, 0.5) is 0 Å². The third-order valence-electron chi connectivity index (χ3n) is 5.71. The Kier molecular flexibility index (Phi) is 3.98. The summed E-state index contributed by atoms with van der Waals surface area (Å²) in [6.45, 7) is 0. The normalized spacial score (nSPS) is 14.3. The molecule has 0 saturated heterocycles. The van der Waals surface area contributed by atoms with Gasteiger partial charge in [-0.2, -0.15) is 0 Å². The second kappa shape index (κ2) is 6.51. The highest BCUT2D eigenvalue weighted by Crippen LogP contribution is 2.50. The summed E-state index contributed by atoms with van der Waals surface area (Å²) in [5.74, 6) is 0. The van der Waals surface area contributed by atoms with E-state index in [0.29, 0.717) is 0 Å². The summed E-state index contributed by atoms with van der Waals surface area (Å²) in [6.07, 6.45) is 0.984. The zero-order valence-corrected chi connectivity index (χ0v) is 16.5. The highest BCUT2D eigenvalue weighted by Gasteiger charge is 2.43. The van der Waals surface area contributed by atoms with Gasteiger partial charge in [0, 0.05) is 4.47 Å². The minimum Gasteiger partial charge on any atom is -0.0622 e. The third kappa shape index (κ3) is 2.49. The van der Waals surface area contributed by atoms with Crippen molar-refractivity contribution in [1.82, 2.24) is 0 Å². The molecule has 0 bridgehead atoms. The monoisotopic (exact) mass is 410 g/mol. The topological polar surface area (TPSA) is 0 Å². The van der Waals surface area contributed by atoms with Gasteiger partial charge in [0.1, 0.15) is 0 Å². The van der Waals surface area contributed by atoms with Gasteiger partial charge in [0.05, 0.1) is 5.41 Å². The Morgan fingerprint density at radius 1 is 0.519 bits per heavy atom. The molecule has 1 aliphatic rings. The Morgan fingerprint density at radius 3 is 1.59 bits per heavy atom. The average molecular weight is 411 g/mol. The fraction of sp³-hybridized carbons (Fsp3) is 0.0769. The molecule has 0 unspecified atom stereocenters. The molecule has 4 aromatic rings. The Bertz CT molecular complexity index is 1050. The number of benzene rings is 4. The van der Waals surface area contributed by atoms with Crippen molar-refractivity contribution in [2.75, 3.05) is 0 Å². The second-order valence-electron chi connectivity index (χ2n) is 7.11. The molecule has 0 spiro atoms. The van der Waals surface area contributed by atoms with Crippen LogP contribution in [-0.2, 0) is 11.8 Å². The highest BCUT2D eigenvalue weighted by atomic mass is 79.9. The van der Waals surface area contributed by atoms with E-state index in [9.17, 15) is 0 Å². The molecular formula is C26H19Br. The maximum atomic E-state index is 3.61. The van der Waals surface area contributed by atoms with E-state index in [4.69, 9.17) is 0 Å². The van der Waals surface area contributed by atoms with E-state index < -0.39 is 0 Å². The maximum Gasteiger partial charge on any atom is 0.0707 e. The van der Waals surface area contributed by atoms with Crippen molar-refractivity contribution in [3.05, 3.63) is 141 Å². The molecule has 4 aromatic carbocycles. The predicted molar refractivity (Wildman–Crippen MR) is 115 cm³/mol. The minimum atomic E-state index is -0.298. The lowest BCUT2D eigenvalue weighted by atomic mass is 9.60. The van der Waals surface area contributed by atoms with Gasteiger partial charge in [0.15, 0.2) is 0 Å². The Labute approximate surface area is 168 Å². The van der Waals surface area contributed by atoms with Gasteiger partial charge in [-0.05, 0) is 51.9 Å². The first-order valence-electron chi connectivity index (χ1n) is 9.28. The minimum absolute atomic E-state index is 0.298. The number of halogens is 1. The van der Waals surface area contributed by atoms with Crippen LogP contribution in [0.1, 0.15) is 33.4 Å². The van der Waals surface area contributed by atoms with Crippen LogP contribution in [0.3, 0.4) is 0 Å². The molecule has 0 aliphatic heterocycles. The lowest BCUT2D eigenvalue weighted by molar-refractivity contribution is 0.703. The molecule has 0 fully saturated rings. The lowest BCUT2D eigenvalue weighted by Gasteiger charge is -2.42. The van der Waals surface area contributed by atoms with Crippen LogP contribution < -0.4 is 0 Å². The second-order valence-corrected chi connectivity index (χ2v) is 8.03. The van der Waals surface area contributed by atoms with Crippen LogP contribution in [0.25, 0.3) is 0 Å². The predicted octanol–water partition coefficient (Wildman–Crippen LogP) is 6.74. The fourth-order valence-electron chi connectivity index (χ4n) is 4.61. The first kappa shape index (κ1) is 16.5. The van der Waals surface area contributed by atoms with Gasteiger partial charge >= 0.3 is 0 Å². The molecule has 0 nitrogen and oxygen atoms in total. The van der Waals surface area contributed by atoms with Crippen molar-refractivity contribution in [3.8, 4) is 0 Å². The van der Waals surface area contributed by atoms with Crippen molar-refractivity contribution in [1.29, 1.82) is 0 Å². The summed E-state index contributed by atoms with van der Waals surface area (Å²) in [6, 6.07) is 37.6. The quantitative estimate of drug-likeness (QED) is 0.302. The Hall–Kier alpha value is -2.64. The lowest BCUT2D eigenvalue weighted by Crippen LogP contribution is -2.36. The zero-order chi connectivity index (χ0) is 18.3. The summed E-state index contributed by atoms with van der Waals surface area (Å²) < 4.78 is 1.10. The van der Waals surface area contributed by atoms with Crippen LogP contribution in [0, 0.1) is 0 Å². The smallest absolute Gasteiger partial charge is 0.0622 e. The third-order valence-corrected chi connectivity index (χ3v) is 6.24. The van der Waals surface area contributed by atoms with Gasteiger partial charge < -0.3 is 0 Å². The summed E-state index contributed by atoms with van der Waals surface area (Å²) in [5, 5.41) is 0. The summed E-state index contributed by atoms with van der Waals surface area (Å²) in [5.41, 5.74) is 7.90. The Morgan fingerprint density at radius 2 is 1.00 bits per heavy atom. The van der Waals surface area contributed by atoms with Gasteiger partial charge in [-0.15, -0.1) is 0 Å². The molecule has 0 radical (unpaired) electrons. The van der Waals surface area contributed by atoms with Gasteiger partial charge in [-0.25, -0.2) is 0 Å². The van der Waals surface area contributed by atoms with E-state index in [0.717, 1.165) is 10.9 Å². The summed E-state index contributed by atoms with van der Waals surface area (Å²) >= 11 is 3.61. The number of rotatable bonds is 2. The molecule has 130 valence electrons. The van der Waals surface area contributed by atoms with Crippen LogP contribution in [0.2, 0.25) is 0 Å². The van der Waals surface area contributed by atoms with Crippen molar-refractivity contribution >= 4 is 15.9 Å². The van der Waals surface area contributed by atoms with Crippen molar-refractivity contribution < 1.29 is 0 Å². The molecule has 5 rings (SSSR count). The van der Waals surface area contributed by atoms with E-state index in [1.165, 1.54) is 33.4 Å². The Balaban J connectivity index is 1.95. The van der Waals surface area contributed by atoms with E-state index >= 15 is 0 Å². The van der Waals surface area contributed by atoms with Gasteiger partial charge in [0.25, 0.3) is 0 Å². The van der Waals surface area contributed by atoms with Crippen LogP contribution in [0.15, 0.2) is 108 Å². The van der Waals surface area contributed by atoms with Gasteiger partial charge in [-0.1, -0.05) is 107 Å². The first-order valence-corrected chi connectivity index (χ1v) is 10.1. The van der Waals surface area contributed by atoms with Gasteiger partial charge in [-0.3, -0.25) is 0 Å². The molecule has 0 N–H and O–H groups in total. The maximum absolute atomic E-state index is 3.61. The van der Waals surface area contributed by atoms with Crippen molar-refractivity contribution in [3.63, 3.8) is 0 Å². The molecule has 0 amide bonds. The molecule has 0 atom stereocenters. The van der Waals surface area contributed by atoms with E-state index in [1.54, 1.807) is 0 Å². The fourth-order valence-corrected chi connectivity index (χ4v) is 4.87. The molecule has 27 heavy (non-hydrogen) atoms. The first-order chi connectivity index (χ1) is 13.3.